The molecule has 2 rings (SSSR count). The number of carboxylic acids is 1. The maximum absolute atomic E-state index is 12.0. The number of hydrogen-bond acceptors (Lipinski definition) is 5. The highest BCUT2D eigenvalue weighted by Gasteiger charge is 2.38. The van der Waals surface area contributed by atoms with E-state index in [-0.39, 0.29) is 26.1 Å². The molecule has 0 saturated carbocycles. The second kappa shape index (κ2) is 7.59. The first-order chi connectivity index (χ1) is 11.0. The van der Waals surface area contributed by atoms with Gasteiger partial charge in [0.2, 0.25) is 5.91 Å². The number of likely N-dealkylation sites (tertiary alicyclic amines) is 1. The zero-order valence-corrected chi connectivity index (χ0v) is 12.3. The monoisotopic (exact) mass is 322 g/mol. The third kappa shape index (κ3) is 4.68. The molecule has 1 saturated heterocycles. The zero-order chi connectivity index (χ0) is 16.8. The predicted octanol–water partition coefficient (Wildman–Crippen LogP) is -0.0408. The lowest BCUT2D eigenvalue weighted by atomic mass is 10.2. The molecule has 2 amide bonds. The van der Waals surface area contributed by atoms with Gasteiger partial charge in [-0.25, -0.2) is 9.59 Å². The van der Waals surface area contributed by atoms with Crippen LogP contribution in [0, 0.1) is 0 Å². The topological polar surface area (TPSA) is 116 Å². The molecule has 0 aliphatic carbocycles. The normalized spacial score (nSPS) is 20.1. The minimum absolute atomic E-state index is 0.0144. The second-order valence-electron chi connectivity index (χ2n) is 5.20. The van der Waals surface area contributed by atoms with Gasteiger partial charge in [-0.15, -0.1) is 0 Å². The third-order valence-corrected chi connectivity index (χ3v) is 3.48. The summed E-state index contributed by atoms with van der Waals surface area (Å²) in [5.74, 6) is -1.76. The largest absolute Gasteiger partial charge is 0.480 e. The number of nitrogens with one attached hydrogen (secondary N) is 1. The first-order valence-electron chi connectivity index (χ1n) is 7.12. The molecule has 2 atom stereocenters. The van der Waals surface area contributed by atoms with Crippen LogP contribution in [0.2, 0.25) is 0 Å². The number of ether oxygens (including phenoxy) is 1. The Kier molecular flexibility index (Phi) is 5.53. The SMILES string of the molecule is O=C(NCC(=O)N1CC(O)C[C@H]1C(=O)O)OCc1ccccc1. The van der Waals surface area contributed by atoms with Gasteiger partial charge >= 0.3 is 12.1 Å². The predicted molar refractivity (Wildman–Crippen MR) is 78.4 cm³/mol. The smallest absolute Gasteiger partial charge is 0.407 e. The number of amides is 2. The van der Waals surface area contributed by atoms with Crippen LogP contribution in [0.5, 0.6) is 0 Å². The summed E-state index contributed by atoms with van der Waals surface area (Å²) in [5, 5.41) is 20.8. The van der Waals surface area contributed by atoms with Crippen molar-refractivity contribution in [3.05, 3.63) is 35.9 Å². The summed E-state index contributed by atoms with van der Waals surface area (Å²) in [7, 11) is 0. The van der Waals surface area contributed by atoms with Crippen molar-refractivity contribution in [2.75, 3.05) is 13.1 Å². The molecule has 1 unspecified atom stereocenters. The van der Waals surface area contributed by atoms with Gasteiger partial charge in [-0.05, 0) is 5.56 Å². The van der Waals surface area contributed by atoms with Crippen LogP contribution in [0.1, 0.15) is 12.0 Å². The molecule has 0 aromatic heterocycles. The van der Waals surface area contributed by atoms with Crippen molar-refractivity contribution in [2.24, 2.45) is 0 Å². The number of aliphatic hydroxyl groups excluding tert-OH is 1. The van der Waals surface area contributed by atoms with Gasteiger partial charge in [0.05, 0.1) is 6.10 Å². The van der Waals surface area contributed by atoms with Gasteiger partial charge < -0.3 is 25.2 Å². The summed E-state index contributed by atoms with van der Waals surface area (Å²) in [6, 6.07) is 7.98. The Morgan fingerprint density at radius 3 is 2.61 bits per heavy atom. The van der Waals surface area contributed by atoms with Gasteiger partial charge in [0, 0.05) is 13.0 Å². The lowest BCUT2D eigenvalue weighted by Crippen LogP contribution is -2.45. The van der Waals surface area contributed by atoms with E-state index in [0.717, 1.165) is 10.5 Å². The van der Waals surface area contributed by atoms with Crippen LogP contribution < -0.4 is 5.32 Å². The Balaban J connectivity index is 1.77. The average Bonchev–Trinajstić information content (AvgIpc) is 2.94. The molecule has 3 N–H and O–H groups in total. The first-order valence-corrected chi connectivity index (χ1v) is 7.12. The van der Waals surface area contributed by atoms with E-state index >= 15 is 0 Å². The van der Waals surface area contributed by atoms with Crippen LogP contribution in [-0.2, 0) is 20.9 Å². The summed E-state index contributed by atoms with van der Waals surface area (Å²) in [6.45, 7) is -0.373. The minimum atomic E-state index is -1.18. The van der Waals surface area contributed by atoms with Gasteiger partial charge in [-0.3, -0.25) is 4.79 Å². The van der Waals surface area contributed by atoms with Gasteiger partial charge in [-0.1, -0.05) is 30.3 Å². The van der Waals surface area contributed by atoms with Gasteiger partial charge in [0.25, 0.3) is 0 Å². The Bertz CT molecular complexity index is 577. The van der Waals surface area contributed by atoms with E-state index < -0.39 is 30.1 Å². The number of carboxylic acid groups (broad SMARTS) is 1. The van der Waals surface area contributed by atoms with E-state index in [1.54, 1.807) is 12.1 Å². The molecule has 0 spiro atoms. The van der Waals surface area contributed by atoms with Gasteiger partial charge in [0.15, 0.2) is 0 Å². The highest BCUT2D eigenvalue weighted by Crippen LogP contribution is 2.18. The van der Waals surface area contributed by atoms with Crippen molar-refractivity contribution in [3.63, 3.8) is 0 Å². The standard InChI is InChI=1S/C15H18N2O6/c18-11-6-12(14(20)21)17(8-11)13(19)7-16-15(22)23-9-10-4-2-1-3-5-10/h1-5,11-12,18H,6-9H2,(H,16,22)(H,20,21)/t11?,12-/m0/s1. The fourth-order valence-electron chi connectivity index (χ4n) is 2.35. The first kappa shape index (κ1) is 16.8. The van der Waals surface area contributed by atoms with E-state index in [0.29, 0.717) is 0 Å². The fourth-order valence-corrected chi connectivity index (χ4v) is 2.35. The van der Waals surface area contributed by atoms with Gasteiger partial charge in [0.1, 0.15) is 19.2 Å². The number of nitrogens with zero attached hydrogens (tertiary/aromatic N) is 1. The van der Waals surface area contributed by atoms with Crippen LogP contribution in [0.15, 0.2) is 30.3 Å². The molecule has 23 heavy (non-hydrogen) atoms. The van der Waals surface area contributed by atoms with E-state index in [1.165, 1.54) is 0 Å². The number of hydrogen-bond donors (Lipinski definition) is 3. The third-order valence-electron chi connectivity index (χ3n) is 3.48. The molecule has 1 heterocycles. The molecule has 1 aromatic rings. The number of alkyl carbamates (subject to hydrolysis) is 1. The van der Waals surface area contributed by atoms with Crippen LogP contribution >= 0.6 is 0 Å². The maximum atomic E-state index is 12.0. The van der Waals surface area contributed by atoms with Gasteiger partial charge in [-0.2, -0.15) is 0 Å². The molecule has 124 valence electrons. The number of benzene rings is 1. The molecule has 8 heteroatoms. The van der Waals surface area contributed by atoms with E-state index in [2.05, 4.69) is 5.32 Å². The number of rotatable bonds is 5. The second-order valence-corrected chi connectivity index (χ2v) is 5.20. The molecule has 0 radical (unpaired) electrons. The van der Waals surface area contributed by atoms with Crippen LogP contribution in [0.25, 0.3) is 0 Å². The summed E-state index contributed by atoms with van der Waals surface area (Å²) >= 11 is 0. The molecule has 8 nitrogen and oxygen atoms in total. The number of aliphatic carboxylic acids is 1. The molecule has 1 aliphatic rings. The molecule has 1 aromatic carbocycles. The van der Waals surface area contributed by atoms with Crippen molar-refractivity contribution >= 4 is 18.0 Å². The molecular weight excluding hydrogens is 304 g/mol. The van der Waals surface area contributed by atoms with Crippen molar-refractivity contribution in [1.82, 2.24) is 10.2 Å². The van der Waals surface area contributed by atoms with E-state index in [1.807, 2.05) is 18.2 Å². The maximum Gasteiger partial charge on any atom is 0.407 e. The van der Waals surface area contributed by atoms with Crippen molar-refractivity contribution < 1.29 is 29.3 Å². The molecule has 1 aliphatic heterocycles. The quantitative estimate of drug-likeness (QED) is 0.700. The Morgan fingerprint density at radius 2 is 1.96 bits per heavy atom. The highest BCUT2D eigenvalue weighted by atomic mass is 16.5. The van der Waals surface area contributed by atoms with Crippen molar-refractivity contribution in [2.45, 2.75) is 25.2 Å². The molecule has 1 fully saturated rings. The van der Waals surface area contributed by atoms with Crippen molar-refractivity contribution in [3.8, 4) is 0 Å². The Morgan fingerprint density at radius 1 is 1.26 bits per heavy atom. The molecular formula is C15H18N2O6. The average molecular weight is 322 g/mol. The summed E-state index contributed by atoms with van der Waals surface area (Å²) in [5.41, 5.74) is 0.808. The lowest BCUT2D eigenvalue weighted by Gasteiger charge is -2.21. The Labute approximate surface area is 132 Å². The fraction of sp³-hybridized carbons (Fsp3) is 0.400. The van der Waals surface area contributed by atoms with E-state index in [9.17, 15) is 19.5 Å². The van der Waals surface area contributed by atoms with Crippen molar-refractivity contribution in [1.29, 1.82) is 0 Å². The van der Waals surface area contributed by atoms with Crippen LogP contribution in [-0.4, -0.2) is 58.3 Å². The van der Waals surface area contributed by atoms with E-state index in [4.69, 9.17) is 9.84 Å². The minimum Gasteiger partial charge on any atom is -0.480 e. The number of β-amino-alcohol motifs (C(OH)–C–C–N with tert-alkyl or cyclic N) is 1. The summed E-state index contributed by atoms with van der Waals surface area (Å²) in [6.07, 6.45) is -1.65. The van der Waals surface area contributed by atoms with Crippen LogP contribution in [0.3, 0.4) is 0 Å². The number of aliphatic hydroxyl groups is 1. The highest BCUT2D eigenvalue weighted by molar-refractivity contribution is 5.87. The lowest BCUT2D eigenvalue weighted by molar-refractivity contribution is -0.147. The number of carbonyl (C=O) groups excluding carboxylic acids is 2. The molecule has 0 bridgehead atoms. The van der Waals surface area contributed by atoms with Crippen LogP contribution in [0.4, 0.5) is 4.79 Å². The zero-order valence-electron chi connectivity index (χ0n) is 12.3. The number of carbonyl (C=O) groups is 3. The Hall–Kier alpha value is -2.61. The summed E-state index contributed by atoms with van der Waals surface area (Å²) < 4.78 is 4.95. The summed E-state index contributed by atoms with van der Waals surface area (Å²) in [4.78, 5) is 35.6.